The molecule has 0 aliphatic carbocycles. The summed E-state index contributed by atoms with van der Waals surface area (Å²) in [4.78, 5) is 3.67. The zero-order valence-corrected chi connectivity index (χ0v) is 14.0. The van der Waals surface area contributed by atoms with Crippen LogP contribution in [-0.2, 0) is 11.0 Å². The summed E-state index contributed by atoms with van der Waals surface area (Å²) in [5.41, 5.74) is 1.29. The molecule has 2 rings (SSSR count). The SMILES string of the molecule is CC(C)=C1S(=O)N2CCN(C(C)C)CC2CC1(C)C. The first-order chi connectivity index (χ1) is 8.74. The molecule has 2 saturated heterocycles. The predicted molar refractivity (Wildman–Crippen MR) is 82.1 cm³/mol. The van der Waals surface area contributed by atoms with Gasteiger partial charge in [-0.25, -0.2) is 8.51 Å². The fraction of sp³-hybridized carbons (Fsp3) is 0.867. The van der Waals surface area contributed by atoms with E-state index in [2.05, 4.69) is 50.7 Å². The Morgan fingerprint density at radius 1 is 1.32 bits per heavy atom. The lowest BCUT2D eigenvalue weighted by Crippen LogP contribution is -2.59. The minimum atomic E-state index is -0.936. The maximum atomic E-state index is 12.9. The van der Waals surface area contributed by atoms with Crippen LogP contribution in [0.15, 0.2) is 10.5 Å². The summed E-state index contributed by atoms with van der Waals surface area (Å²) >= 11 is 0. The lowest BCUT2D eigenvalue weighted by molar-refractivity contribution is 0.0859. The van der Waals surface area contributed by atoms with Crippen LogP contribution in [0.2, 0.25) is 0 Å². The van der Waals surface area contributed by atoms with Crippen molar-refractivity contribution in [2.75, 3.05) is 19.6 Å². The molecule has 2 aliphatic rings. The van der Waals surface area contributed by atoms with Crippen LogP contribution < -0.4 is 0 Å². The molecule has 0 N–H and O–H groups in total. The average molecular weight is 284 g/mol. The number of hydrogen-bond acceptors (Lipinski definition) is 2. The molecule has 4 heteroatoms. The number of piperazine rings is 1. The van der Waals surface area contributed by atoms with Gasteiger partial charge in [0.1, 0.15) is 11.0 Å². The van der Waals surface area contributed by atoms with Crippen molar-refractivity contribution in [1.82, 2.24) is 9.21 Å². The molecular formula is C15H28N2OS. The average Bonchev–Trinajstić information content (AvgIpc) is 2.25. The maximum Gasteiger partial charge on any atom is 0.124 e. The van der Waals surface area contributed by atoms with Gasteiger partial charge < -0.3 is 0 Å². The number of hydrogen-bond donors (Lipinski definition) is 0. The van der Waals surface area contributed by atoms with Gasteiger partial charge in [-0.1, -0.05) is 19.4 Å². The highest BCUT2D eigenvalue weighted by Gasteiger charge is 2.44. The molecule has 2 unspecified atom stereocenters. The Morgan fingerprint density at radius 2 is 1.95 bits per heavy atom. The van der Waals surface area contributed by atoms with Gasteiger partial charge in [0.05, 0.1) is 0 Å². The van der Waals surface area contributed by atoms with Crippen LogP contribution >= 0.6 is 0 Å². The van der Waals surface area contributed by atoms with Crippen LogP contribution in [0.1, 0.15) is 48.0 Å². The quantitative estimate of drug-likeness (QED) is 0.739. The van der Waals surface area contributed by atoms with Crippen LogP contribution in [-0.4, -0.2) is 45.1 Å². The van der Waals surface area contributed by atoms with E-state index < -0.39 is 11.0 Å². The van der Waals surface area contributed by atoms with Gasteiger partial charge in [0.15, 0.2) is 0 Å². The zero-order valence-electron chi connectivity index (χ0n) is 13.2. The molecule has 2 heterocycles. The van der Waals surface area contributed by atoms with Crippen molar-refractivity contribution >= 4 is 11.0 Å². The number of fused-ring (bicyclic) bond motifs is 1. The predicted octanol–water partition coefficient (Wildman–Crippen LogP) is 2.77. The second-order valence-corrected chi connectivity index (χ2v) is 8.43. The molecule has 0 aromatic rings. The smallest absolute Gasteiger partial charge is 0.124 e. The third-order valence-corrected chi connectivity index (χ3v) is 6.61. The van der Waals surface area contributed by atoms with Gasteiger partial charge in [-0.15, -0.1) is 0 Å². The summed E-state index contributed by atoms with van der Waals surface area (Å²) < 4.78 is 15.1. The number of nitrogens with zero attached hydrogens (tertiary/aromatic N) is 2. The highest BCUT2D eigenvalue weighted by Crippen LogP contribution is 2.43. The standard InChI is InChI=1S/C15H28N2OS/c1-11(2)14-15(5,6)9-13-10-16(12(3)4)7-8-17(13)19(14)18/h12-13H,7-10H2,1-6H3. The summed E-state index contributed by atoms with van der Waals surface area (Å²) in [6.45, 7) is 16.2. The van der Waals surface area contributed by atoms with Gasteiger partial charge in [-0.3, -0.25) is 4.90 Å². The molecule has 2 fully saturated rings. The van der Waals surface area contributed by atoms with E-state index in [1.54, 1.807) is 0 Å². The van der Waals surface area contributed by atoms with Crippen molar-refractivity contribution in [3.63, 3.8) is 0 Å². The highest BCUT2D eigenvalue weighted by molar-refractivity contribution is 7.86. The van der Waals surface area contributed by atoms with E-state index >= 15 is 0 Å². The Morgan fingerprint density at radius 3 is 2.47 bits per heavy atom. The molecule has 2 aliphatic heterocycles. The molecule has 0 amide bonds. The van der Waals surface area contributed by atoms with Crippen molar-refractivity contribution in [2.45, 2.75) is 60.0 Å². The molecule has 0 radical (unpaired) electrons. The summed E-state index contributed by atoms with van der Waals surface area (Å²) in [5, 5.41) is 0. The van der Waals surface area contributed by atoms with E-state index in [9.17, 15) is 4.21 Å². The van der Waals surface area contributed by atoms with Crippen molar-refractivity contribution in [1.29, 1.82) is 0 Å². The molecule has 0 bridgehead atoms. The molecule has 110 valence electrons. The second kappa shape index (κ2) is 5.30. The van der Waals surface area contributed by atoms with E-state index in [4.69, 9.17) is 0 Å². The Balaban J connectivity index is 2.26. The van der Waals surface area contributed by atoms with Crippen LogP contribution in [0.25, 0.3) is 0 Å². The third-order valence-electron chi connectivity index (χ3n) is 4.39. The summed E-state index contributed by atoms with van der Waals surface area (Å²) in [6.07, 6.45) is 1.11. The first kappa shape index (κ1) is 15.2. The van der Waals surface area contributed by atoms with E-state index in [0.717, 1.165) is 31.0 Å². The minimum absolute atomic E-state index is 0.0604. The Labute approximate surface area is 120 Å². The topological polar surface area (TPSA) is 23.6 Å². The summed E-state index contributed by atoms with van der Waals surface area (Å²) in [5.74, 6) is 0. The van der Waals surface area contributed by atoms with Gasteiger partial charge in [0, 0.05) is 42.0 Å². The van der Waals surface area contributed by atoms with Crippen LogP contribution in [0.5, 0.6) is 0 Å². The molecule has 0 aromatic heterocycles. The van der Waals surface area contributed by atoms with Crippen LogP contribution in [0, 0.1) is 5.41 Å². The first-order valence-corrected chi connectivity index (χ1v) is 8.45. The van der Waals surface area contributed by atoms with Gasteiger partial charge in [0.2, 0.25) is 0 Å². The van der Waals surface area contributed by atoms with E-state index in [0.29, 0.717) is 12.1 Å². The normalized spacial score (nSPS) is 32.5. The van der Waals surface area contributed by atoms with Crippen molar-refractivity contribution in [3.05, 3.63) is 10.5 Å². The summed E-state index contributed by atoms with van der Waals surface area (Å²) in [7, 11) is -0.936. The highest BCUT2D eigenvalue weighted by atomic mass is 32.2. The molecule has 0 aromatic carbocycles. The monoisotopic (exact) mass is 284 g/mol. The molecule has 19 heavy (non-hydrogen) atoms. The van der Waals surface area contributed by atoms with Gasteiger partial charge >= 0.3 is 0 Å². The third kappa shape index (κ3) is 2.81. The fourth-order valence-corrected chi connectivity index (χ4v) is 5.40. The largest absolute Gasteiger partial charge is 0.298 e. The van der Waals surface area contributed by atoms with Crippen molar-refractivity contribution in [2.24, 2.45) is 5.41 Å². The van der Waals surface area contributed by atoms with Crippen molar-refractivity contribution < 1.29 is 4.21 Å². The van der Waals surface area contributed by atoms with E-state index in [1.807, 2.05) is 0 Å². The molecule has 0 spiro atoms. The van der Waals surface area contributed by atoms with Gasteiger partial charge in [-0.2, -0.15) is 0 Å². The molecule has 0 saturated carbocycles. The van der Waals surface area contributed by atoms with Crippen LogP contribution in [0.4, 0.5) is 0 Å². The number of rotatable bonds is 1. The molecule has 2 atom stereocenters. The van der Waals surface area contributed by atoms with E-state index in [-0.39, 0.29) is 5.41 Å². The van der Waals surface area contributed by atoms with Gasteiger partial charge in [0.25, 0.3) is 0 Å². The first-order valence-electron chi connectivity index (χ1n) is 7.34. The zero-order chi connectivity index (χ0) is 14.4. The second-order valence-electron chi connectivity index (χ2n) is 7.05. The maximum absolute atomic E-state index is 12.9. The Bertz CT molecular complexity index is 410. The lowest BCUT2D eigenvalue weighted by atomic mass is 9.82. The number of allylic oxidation sites excluding steroid dienone is 2. The molecule has 3 nitrogen and oxygen atoms in total. The minimum Gasteiger partial charge on any atom is -0.298 e. The lowest BCUT2D eigenvalue weighted by Gasteiger charge is -2.50. The Kier molecular flexibility index (Phi) is 4.24. The fourth-order valence-electron chi connectivity index (χ4n) is 3.60. The Hall–Kier alpha value is -0.190. The summed E-state index contributed by atoms with van der Waals surface area (Å²) in [6, 6.07) is 1.03. The van der Waals surface area contributed by atoms with Gasteiger partial charge in [-0.05, 0) is 34.1 Å². The van der Waals surface area contributed by atoms with Crippen molar-refractivity contribution in [3.8, 4) is 0 Å². The molecular weight excluding hydrogens is 256 g/mol. The van der Waals surface area contributed by atoms with Crippen LogP contribution in [0.3, 0.4) is 0 Å². The van der Waals surface area contributed by atoms with E-state index in [1.165, 1.54) is 5.57 Å².